The monoisotopic (exact) mass is 225 g/mol. The molecule has 0 spiro atoms. The highest BCUT2D eigenvalue weighted by Crippen LogP contribution is 2.10. The second-order valence-electron chi connectivity index (χ2n) is 3.98. The average Bonchev–Trinajstić information content (AvgIpc) is 2.18. The fourth-order valence-corrected chi connectivity index (χ4v) is 2.78. The van der Waals surface area contributed by atoms with Crippen LogP contribution in [0.15, 0.2) is 24.3 Å². The van der Waals surface area contributed by atoms with Crippen LogP contribution in [0.4, 0.5) is 0 Å². The van der Waals surface area contributed by atoms with Gasteiger partial charge in [-0.25, -0.2) is 0 Å². The van der Waals surface area contributed by atoms with Crippen LogP contribution in [0, 0.1) is 6.92 Å². The van der Waals surface area contributed by atoms with E-state index >= 15 is 0 Å². The molecule has 0 radical (unpaired) electrons. The lowest BCUT2D eigenvalue weighted by molar-refractivity contribution is 0.667. The van der Waals surface area contributed by atoms with Crippen molar-refractivity contribution in [3.63, 3.8) is 0 Å². The van der Waals surface area contributed by atoms with Crippen LogP contribution in [-0.4, -0.2) is 16.0 Å². The first-order chi connectivity index (χ1) is 7.09. The van der Waals surface area contributed by atoms with Crippen molar-refractivity contribution < 1.29 is 4.21 Å². The molecule has 1 aromatic rings. The van der Waals surface area contributed by atoms with E-state index in [1.54, 1.807) is 0 Å². The molecule has 0 amide bonds. The second kappa shape index (κ2) is 6.03. The summed E-state index contributed by atoms with van der Waals surface area (Å²) >= 11 is 0. The zero-order valence-electron chi connectivity index (χ0n) is 9.40. The first-order valence-electron chi connectivity index (χ1n) is 5.24. The zero-order chi connectivity index (χ0) is 11.3. The summed E-state index contributed by atoms with van der Waals surface area (Å²) in [6.45, 7) is 4.00. The molecule has 2 atom stereocenters. The summed E-state index contributed by atoms with van der Waals surface area (Å²) in [6, 6.07) is 8.23. The van der Waals surface area contributed by atoms with Crippen LogP contribution in [0.25, 0.3) is 0 Å². The Balaban J connectivity index is 2.48. The van der Waals surface area contributed by atoms with Gasteiger partial charge in [-0.05, 0) is 31.4 Å². The van der Waals surface area contributed by atoms with Gasteiger partial charge in [-0.15, -0.1) is 0 Å². The molecular weight excluding hydrogens is 206 g/mol. The molecule has 1 aromatic carbocycles. The Bertz CT molecular complexity index is 336. The summed E-state index contributed by atoms with van der Waals surface area (Å²) in [6.07, 6.45) is 0.832. The van der Waals surface area contributed by atoms with Crippen molar-refractivity contribution in [3.8, 4) is 0 Å². The molecule has 0 saturated carbocycles. The van der Waals surface area contributed by atoms with Crippen molar-refractivity contribution in [1.29, 1.82) is 0 Å². The minimum Gasteiger partial charge on any atom is -0.328 e. The minimum atomic E-state index is -0.782. The molecule has 0 heterocycles. The Kier molecular flexibility index (Phi) is 4.99. The summed E-state index contributed by atoms with van der Waals surface area (Å²) in [7, 11) is -0.782. The first kappa shape index (κ1) is 12.4. The van der Waals surface area contributed by atoms with Gasteiger partial charge in [-0.3, -0.25) is 4.21 Å². The van der Waals surface area contributed by atoms with Crippen LogP contribution in [-0.2, 0) is 16.6 Å². The Hall–Kier alpha value is -0.670. The van der Waals surface area contributed by atoms with Crippen LogP contribution in [0.3, 0.4) is 0 Å². The second-order valence-corrected chi connectivity index (χ2v) is 5.56. The quantitative estimate of drug-likeness (QED) is 0.832. The number of aryl methyl sites for hydroxylation is 1. The summed E-state index contributed by atoms with van der Waals surface area (Å²) < 4.78 is 11.7. The van der Waals surface area contributed by atoms with Gasteiger partial charge >= 0.3 is 0 Å². The lowest BCUT2D eigenvalue weighted by Crippen LogP contribution is -2.18. The van der Waals surface area contributed by atoms with Crippen LogP contribution in [0.5, 0.6) is 0 Å². The van der Waals surface area contributed by atoms with Crippen molar-refractivity contribution in [3.05, 3.63) is 35.4 Å². The predicted molar refractivity (Wildman–Crippen MR) is 66.2 cm³/mol. The third-order valence-electron chi connectivity index (χ3n) is 2.38. The Morgan fingerprint density at radius 2 is 2.07 bits per heavy atom. The third-order valence-corrected chi connectivity index (χ3v) is 3.70. The maximum absolute atomic E-state index is 11.7. The topological polar surface area (TPSA) is 43.1 Å². The normalized spacial score (nSPS) is 14.9. The molecule has 84 valence electrons. The number of rotatable bonds is 5. The largest absolute Gasteiger partial charge is 0.328 e. The SMILES string of the molecule is Cc1ccccc1CS(=O)CCC(C)N. The number of benzene rings is 1. The van der Waals surface area contributed by atoms with E-state index in [-0.39, 0.29) is 6.04 Å². The molecule has 0 saturated heterocycles. The van der Waals surface area contributed by atoms with Crippen molar-refractivity contribution >= 4 is 10.8 Å². The number of nitrogens with two attached hydrogens (primary N) is 1. The van der Waals surface area contributed by atoms with E-state index in [0.717, 1.165) is 6.42 Å². The molecule has 0 aliphatic rings. The molecule has 2 unspecified atom stereocenters. The number of hydrogen-bond donors (Lipinski definition) is 1. The van der Waals surface area contributed by atoms with Gasteiger partial charge in [0.2, 0.25) is 0 Å². The molecule has 2 nitrogen and oxygen atoms in total. The highest BCUT2D eigenvalue weighted by atomic mass is 32.2. The van der Waals surface area contributed by atoms with E-state index in [0.29, 0.717) is 11.5 Å². The van der Waals surface area contributed by atoms with Crippen molar-refractivity contribution in [2.75, 3.05) is 5.75 Å². The molecule has 3 heteroatoms. The van der Waals surface area contributed by atoms with Crippen LogP contribution in [0.2, 0.25) is 0 Å². The summed E-state index contributed by atoms with van der Waals surface area (Å²) in [5.41, 5.74) is 8.03. The molecule has 0 aromatic heterocycles. The van der Waals surface area contributed by atoms with Gasteiger partial charge in [0.25, 0.3) is 0 Å². The summed E-state index contributed by atoms with van der Waals surface area (Å²) in [4.78, 5) is 0. The molecule has 1 rings (SSSR count). The zero-order valence-corrected chi connectivity index (χ0v) is 10.2. The van der Waals surface area contributed by atoms with E-state index in [1.165, 1.54) is 11.1 Å². The standard InChI is InChI=1S/C12H19NOS/c1-10-5-3-4-6-12(10)9-15(14)8-7-11(2)13/h3-6,11H,7-9,13H2,1-2H3. The molecule has 0 fully saturated rings. The molecule has 0 bridgehead atoms. The minimum absolute atomic E-state index is 0.144. The van der Waals surface area contributed by atoms with Crippen LogP contribution >= 0.6 is 0 Å². The molecule has 0 aliphatic carbocycles. The Labute approximate surface area is 94.3 Å². The highest BCUT2D eigenvalue weighted by Gasteiger charge is 2.05. The van der Waals surface area contributed by atoms with Gasteiger partial charge in [0.15, 0.2) is 0 Å². The Morgan fingerprint density at radius 1 is 1.40 bits per heavy atom. The maximum atomic E-state index is 11.7. The third kappa shape index (κ3) is 4.58. The smallest absolute Gasteiger partial charge is 0.0488 e. The molecule has 2 N–H and O–H groups in total. The lowest BCUT2D eigenvalue weighted by Gasteiger charge is -2.07. The number of hydrogen-bond acceptors (Lipinski definition) is 2. The van der Waals surface area contributed by atoms with Crippen LogP contribution < -0.4 is 5.73 Å². The van der Waals surface area contributed by atoms with Crippen molar-refractivity contribution in [2.45, 2.75) is 32.1 Å². The summed E-state index contributed by atoms with van der Waals surface area (Å²) in [5.74, 6) is 1.35. The van der Waals surface area contributed by atoms with Crippen molar-refractivity contribution in [2.24, 2.45) is 5.73 Å². The predicted octanol–water partition coefficient (Wildman–Crippen LogP) is 1.98. The van der Waals surface area contributed by atoms with E-state index in [1.807, 2.05) is 25.1 Å². The van der Waals surface area contributed by atoms with Gasteiger partial charge < -0.3 is 5.73 Å². The molecule has 0 aliphatic heterocycles. The first-order valence-corrected chi connectivity index (χ1v) is 6.73. The van der Waals surface area contributed by atoms with E-state index in [2.05, 4.69) is 13.0 Å². The van der Waals surface area contributed by atoms with E-state index < -0.39 is 10.8 Å². The Morgan fingerprint density at radius 3 is 2.67 bits per heavy atom. The van der Waals surface area contributed by atoms with Crippen molar-refractivity contribution in [1.82, 2.24) is 0 Å². The molecular formula is C12H19NOS. The van der Waals surface area contributed by atoms with Gasteiger partial charge in [-0.2, -0.15) is 0 Å². The van der Waals surface area contributed by atoms with Gasteiger partial charge in [0, 0.05) is 28.3 Å². The van der Waals surface area contributed by atoms with E-state index in [9.17, 15) is 4.21 Å². The van der Waals surface area contributed by atoms with Gasteiger partial charge in [0.1, 0.15) is 0 Å². The average molecular weight is 225 g/mol. The fraction of sp³-hybridized carbons (Fsp3) is 0.500. The van der Waals surface area contributed by atoms with Crippen LogP contribution in [0.1, 0.15) is 24.5 Å². The summed E-state index contributed by atoms with van der Waals surface area (Å²) in [5, 5.41) is 0. The van der Waals surface area contributed by atoms with Gasteiger partial charge in [-0.1, -0.05) is 24.3 Å². The highest BCUT2D eigenvalue weighted by molar-refractivity contribution is 7.84. The maximum Gasteiger partial charge on any atom is 0.0488 e. The fourth-order valence-electron chi connectivity index (χ4n) is 1.33. The lowest BCUT2D eigenvalue weighted by atomic mass is 10.1. The van der Waals surface area contributed by atoms with Gasteiger partial charge in [0.05, 0.1) is 0 Å². The molecule has 15 heavy (non-hydrogen) atoms. The van der Waals surface area contributed by atoms with E-state index in [4.69, 9.17) is 5.73 Å².